The molecule has 9 heteroatoms. The lowest BCUT2D eigenvalue weighted by molar-refractivity contribution is -0.148. The average molecular weight is 441 g/mol. The highest BCUT2D eigenvalue weighted by Crippen LogP contribution is 2.52. The number of Topliss-reactive ketones (excluding diaryl/α,β-unsaturated/α-hetero) is 2. The molecular weight excluding hydrogens is 414 g/mol. The first-order chi connectivity index (χ1) is 14.9. The molecule has 0 saturated carbocycles. The van der Waals surface area contributed by atoms with Crippen molar-refractivity contribution in [1.29, 1.82) is 0 Å². The summed E-state index contributed by atoms with van der Waals surface area (Å²) in [6.07, 6.45) is 0.566. The van der Waals surface area contributed by atoms with Gasteiger partial charge in [-0.2, -0.15) is 0 Å². The molecule has 5 N–H and O–H groups in total. The number of nitrogens with zero attached hydrogens (tertiary/aromatic N) is 2. The molecule has 0 unspecified atom stereocenters. The maximum absolute atomic E-state index is 13.4. The van der Waals surface area contributed by atoms with Crippen LogP contribution in [0.4, 0.5) is 5.69 Å². The Morgan fingerprint density at radius 2 is 1.81 bits per heavy atom. The normalized spacial score (nSPS) is 29.6. The lowest BCUT2D eigenvalue weighted by Gasteiger charge is -2.50. The molecule has 3 aliphatic rings. The largest absolute Gasteiger partial charge is 0.510 e. The second-order valence-electron chi connectivity index (χ2n) is 9.16. The van der Waals surface area contributed by atoms with Gasteiger partial charge in [0, 0.05) is 36.8 Å². The number of rotatable bonds is 3. The molecule has 4 atom stereocenters. The van der Waals surface area contributed by atoms with Crippen molar-refractivity contribution in [2.24, 2.45) is 17.6 Å². The van der Waals surface area contributed by atoms with Crippen molar-refractivity contribution in [2.45, 2.75) is 24.5 Å². The van der Waals surface area contributed by atoms with Crippen molar-refractivity contribution in [1.82, 2.24) is 4.90 Å². The minimum absolute atomic E-state index is 0.0248. The van der Waals surface area contributed by atoms with Crippen molar-refractivity contribution in [2.75, 3.05) is 33.1 Å². The van der Waals surface area contributed by atoms with E-state index in [1.807, 2.05) is 25.1 Å². The molecule has 0 heterocycles. The number of aliphatic hydroxyl groups excluding tert-OH is 2. The van der Waals surface area contributed by atoms with E-state index < -0.39 is 58.0 Å². The summed E-state index contributed by atoms with van der Waals surface area (Å²) in [5.41, 5.74) is 4.11. The molecule has 4 rings (SSSR count). The average Bonchev–Trinajstić information content (AvgIpc) is 2.70. The molecule has 0 bridgehead atoms. The summed E-state index contributed by atoms with van der Waals surface area (Å²) in [4.78, 5) is 42.0. The first-order valence-corrected chi connectivity index (χ1v) is 10.4. The summed E-state index contributed by atoms with van der Waals surface area (Å²) in [5.74, 6) is -5.60. The van der Waals surface area contributed by atoms with E-state index in [2.05, 4.69) is 0 Å². The van der Waals surface area contributed by atoms with Crippen molar-refractivity contribution in [3.63, 3.8) is 0 Å². The van der Waals surface area contributed by atoms with Gasteiger partial charge in [0.25, 0.3) is 5.91 Å². The van der Waals surface area contributed by atoms with Crippen LogP contribution >= 0.6 is 0 Å². The van der Waals surface area contributed by atoms with Crippen molar-refractivity contribution < 1.29 is 29.7 Å². The van der Waals surface area contributed by atoms with Gasteiger partial charge in [0.1, 0.15) is 17.1 Å². The van der Waals surface area contributed by atoms with Crippen molar-refractivity contribution in [3.8, 4) is 0 Å². The van der Waals surface area contributed by atoms with E-state index in [1.54, 1.807) is 31.1 Å². The van der Waals surface area contributed by atoms with Crippen LogP contribution in [0.3, 0.4) is 0 Å². The Morgan fingerprint density at radius 3 is 2.38 bits per heavy atom. The summed E-state index contributed by atoms with van der Waals surface area (Å²) >= 11 is 0. The number of carbonyl (C=O) groups excluding carboxylic acids is 3. The highest BCUT2D eigenvalue weighted by atomic mass is 16.3. The van der Waals surface area contributed by atoms with Crippen LogP contribution in [0.5, 0.6) is 0 Å². The van der Waals surface area contributed by atoms with Crippen LogP contribution in [0, 0.1) is 11.8 Å². The highest BCUT2D eigenvalue weighted by Gasteiger charge is 2.63. The van der Waals surface area contributed by atoms with Gasteiger partial charge in [-0.15, -0.1) is 0 Å². The minimum atomic E-state index is -2.54. The molecule has 1 amide bonds. The number of anilines is 1. The second kappa shape index (κ2) is 7.18. The number of hydrogen-bond acceptors (Lipinski definition) is 8. The number of benzene rings is 1. The van der Waals surface area contributed by atoms with Crippen LogP contribution in [0.1, 0.15) is 22.3 Å². The van der Waals surface area contributed by atoms with E-state index in [-0.39, 0.29) is 12.0 Å². The van der Waals surface area contributed by atoms with E-state index in [0.717, 1.165) is 11.3 Å². The molecule has 1 aromatic rings. The van der Waals surface area contributed by atoms with Crippen LogP contribution in [0.25, 0.3) is 0 Å². The number of carbonyl (C=O) groups is 3. The number of likely N-dealkylation sites (N-methyl/N-ethyl adjacent to an activating group) is 1. The molecule has 0 spiro atoms. The fourth-order valence-electron chi connectivity index (χ4n) is 5.58. The number of ketones is 2. The van der Waals surface area contributed by atoms with E-state index in [1.165, 1.54) is 0 Å². The molecular formula is C23H27N3O6. The zero-order valence-electron chi connectivity index (χ0n) is 18.4. The number of nitrogens with two attached hydrogens (primary N) is 1. The Morgan fingerprint density at radius 1 is 1.16 bits per heavy atom. The third-order valence-electron chi connectivity index (χ3n) is 6.97. The summed E-state index contributed by atoms with van der Waals surface area (Å²) in [7, 11) is 6.99. The molecule has 1 aromatic carbocycles. The number of amides is 1. The smallest absolute Gasteiger partial charge is 0.255 e. The molecule has 0 aromatic heterocycles. The summed E-state index contributed by atoms with van der Waals surface area (Å²) < 4.78 is 0. The molecule has 32 heavy (non-hydrogen) atoms. The zero-order valence-corrected chi connectivity index (χ0v) is 18.4. The van der Waals surface area contributed by atoms with Crippen LogP contribution < -0.4 is 10.6 Å². The molecule has 0 fully saturated rings. The number of fused-ring (bicyclic) bond motifs is 3. The van der Waals surface area contributed by atoms with E-state index in [9.17, 15) is 29.7 Å². The SMILES string of the molecule is CN(C)c1cccc2c1C[C@H]1C[C@H]3[C@H](N(C)C)C(O)=C(C(N)=O)C(=O)[C@@]3(O)C(O)=C1C2=O. The predicted octanol–water partition coefficient (Wildman–Crippen LogP) is 0.481. The molecule has 0 aliphatic heterocycles. The van der Waals surface area contributed by atoms with E-state index in [4.69, 9.17) is 5.73 Å². The fourth-order valence-corrected chi connectivity index (χ4v) is 5.58. The van der Waals surface area contributed by atoms with Crippen LogP contribution in [-0.2, 0) is 16.0 Å². The Bertz CT molecular complexity index is 1120. The van der Waals surface area contributed by atoms with Gasteiger partial charge in [0.15, 0.2) is 11.4 Å². The lowest BCUT2D eigenvalue weighted by atomic mass is 9.58. The molecule has 0 radical (unpaired) electrons. The summed E-state index contributed by atoms with van der Waals surface area (Å²) in [6, 6.07) is 4.35. The summed E-state index contributed by atoms with van der Waals surface area (Å²) in [6.45, 7) is 0. The number of hydrogen-bond donors (Lipinski definition) is 4. The van der Waals surface area contributed by atoms with Gasteiger partial charge >= 0.3 is 0 Å². The van der Waals surface area contributed by atoms with Crippen LogP contribution in [-0.4, -0.2) is 77.5 Å². The molecule has 9 nitrogen and oxygen atoms in total. The van der Waals surface area contributed by atoms with Crippen molar-refractivity contribution >= 4 is 23.2 Å². The predicted molar refractivity (Wildman–Crippen MR) is 116 cm³/mol. The topological polar surface area (TPSA) is 144 Å². The van der Waals surface area contributed by atoms with Gasteiger partial charge in [-0.25, -0.2) is 0 Å². The standard InChI is InChI=1S/C23H27N3O6/c1-25(2)14-7-5-6-11-12(14)8-10-9-13-17(26(3)4)19(28)16(22(24)31)21(30)23(13,32)20(29)15(10)18(11)27/h5-7,10,13,17,28-29,32H,8-9H2,1-4H3,(H2,24,31)/t10-,13-,17-,23-/m0/s1. The maximum atomic E-state index is 13.4. The third-order valence-corrected chi connectivity index (χ3v) is 6.97. The Balaban J connectivity index is 1.95. The quantitative estimate of drug-likeness (QED) is 0.496. The number of allylic oxidation sites excluding steroid dienone is 1. The molecule has 3 aliphatic carbocycles. The van der Waals surface area contributed by atoms with Gasteiger partial charge in [-0.1, -0.05) is 12.1 Å². The number of aliphatic hydroxyl groups is 3. The number of primary amides is 1. The zero-order chi connectivity index (χ0) is 23.7. The third kappa shape index (κ3) is 2.74. The minimum Gasteiger partial charge on any atom is -0.510 e. The highest BCUT2D eigenvalue weighted by molar-refractivity contribution is 6.24. The molecule has 170 valence electrons. The monoisotopic (exact) mass is 441 g/mol. The van der Waals surface area contributed by atoms with E-state index >= 15 is 0 Å². The fraction of sp³-hybridized carbons (Fsp3) is 0.435. The first-order valence-electron chi connectivity index (χ1n) is 10.4. The first kappa shape index (κ1) is 22.0. The molecule has 0 saturated heterocycles. The van der Waals surface area contributed by atoms with Gasteiger partial charge in [-0.3, -0.25) is 19.3 Å². The van der Waals surface area contributed by atoms with Gasteiger partial charge in [0.2, 0.25) is 5.78 Å². The Kier molecular flexibility index (Phi) is 4.94. The lowest BCUT2D eigenvalue weighted by Crippen LogP contribution is -2.63. The van der Waals surface area contributed by atoms with E-state index in [0.29, 0.717) is 12.0 Å². The Hall–Kier alpha value is -3.17. The van der Waals surface area contributed by atoms with Gasteiger partial charge in [0.05, 0.1) is 6.04 Å². The van der Waals surface area contributed by atoms with Gasteiger partial charge < -0.3 is 26.0 Å². The van der Waals surface area contributed by atoms with Crippen molar-refractivity contribution in [3.05, 3.63) is 52.0 Å². The van der Waals surface area contributed by atoms with Crippen LogP contribution in [0.2, 0.25) is 0 Å². The summed E-state index contributed by atoms with van der Waals surface area (Å²) in [5, 5.41) is 33.5. The maximum Gasteiger partial charge on any atom is 0.255 e. The second-order valence-corrected chi connectivity index (χ2v) is 9.16. The van der Waals surface area contributed by atoms with Crippen LogP contribution in [0.15, 0.2) is 40.9 Å². The Labute approximate surface area is 185 Å². The van der Waals surface area contributed by atoms with Gasteiger partial charge in [-0.05, 0) is 44.5 Å².